The number of rotatable bonds is 3. The number of nitrogens with zero attached hydrogens (tertiary/aromatic N) is 4. The molecule has 0 radical (unpaired) electrons. The Labute approximate surface area is 124 Å². The summed E-state index contributed by atoms with van der Waals surface area (Å²) in [4.78, 5) is 4.34. The molecule has 1 unspecified atom stereocenters. The Bertz CT molecular complexity index is 752. The zero-order chi connectivity index (χ0) is 15.3. The molecule has 1 aliphatic rings. The number of sulfonamides is 1. The molecule has 2 aromatic heterocycles. The second kappa shape index (κ2) is 4.64. The van der Waals surface area contributed by atoms with Crippen molar-refractivity contribution in [2.75, 3.05) is 6.54 Å². The summed E-state index contributed by atoms with van der Waals surface area (Å²) in [5, 5.41) is 3.96. The Morgan fingerprint density at radius 2 is 2.10 bits per heavy atom. The molecule has 3 rings (SSSR count). The summed E-state index contributed by atoms with van der Waals surface area (Å²) in [5.41, 5.74) is 0.805. The smallest absolute Gasteiger partial charge is 0.246 e. The second-order valence-corrected chi connectivity index (χ2v) is 7.97. The van der Waals surface area contributed by atoms with Crippen LogP contribution in [0.15, 0.2) is 41.8 Å². The van der Waals surface area contributed by atoms with Gasteiger partial charge in [-0.25, -0.2) is 8.42 Å². The molecule has 0 aromatic carbocycles. The highest BCUT2D eigenvalue weighted by Crippen LogP contribution is 2.50. The van der Waals surface area contributed by atoms with E-state index in [4.69, 9.17) is 0 Å². The van der Waals surface area contributed by atoms with Gasteiger partial charge in [0.1, 0.15) is 4.90 Å². The molecule has 1 atom stereocenters. The zero-order valence-electron chi connectivity index (χ0n) is 12.3. The Balaban J connectivity index is 2.00. The Kier molecular flexibility index (Phi) is 3.14. The summed E-state index contributed by atoms with van der Waals surface area (Å²) in [5.74, 6) is 0. The van der Waals surface area contributed by atoms with Gasteiger partial charge in [-0.3, -0.25) is 9.67 Å². The van der Waals surface area contributed by atoms with Crippen molar-refractivity contribution in [2.45, 2.75) is 24.8 Å². The summed E-state index contributed by atoms with van der Waals surface area (Å²) in [6, 6.07) is 3.56. The molecule has 0 amide bonds. The fourth-order valence-electron chi connectivity index (χ4n) is 2.90. The van der Waals surface area contributed by atoms with Crippen LogP contribution >= 0.6 is 0 Å². The van der Waals surface area contributed by atoms with Crippen LogP contribution < -0.4 is 0 Å². The van der Waals surface area contributed by atoms with E-state index in [1.54, 1.807) is 19.4 Å². The van der Waals surface area contributed by atoms with Crippen molar-refractivity contribution >= 4 is 10.0 Å². The zero-order valence-corrected chi connectivity index (χ0v) is 13.1. The molecule has 1 fully saturated rings. The number of pyridine rings is 1. The van der Waals surface area contributed by atoms with Crippen molar-refractivity contribution in [3.63, 3.8) is 0 Å². The Morgan fingerprint density at radius 1 is 1.33 bits per heavy atom. The molecule has 7 heteroatoms. The van der Waals surface area contributed by atoms with E-state index in [2.05, 4.69) is 23.9 Å². The van der Waals surface area contributed by atoms with Crippen LogP contribution in [0.25, 0.3) is 0 Å². The highest BCUT2D eigenvalue weighted by Gasteiger charge is 2.52. The minimum Gasteiger partial charge on any atom is -0.274 e. The van der Waals surface area contributed by atoms with Gasteiger partial charge in [0.25, 0.3) is 0 Å². The first-order valence-corrected chi connectivity index (χ1v) is 8.17. The van der Waals surface area contributed by atoms with E-state index >= 15 is 0 Å². The summed E-state index contributed by atoms with van der Waals surface area (Å²) in [7, 11) is -1.82. The summed E-state index contributed by atoms with van der Waals surface area (Å²) in [6.07, 6.45) is 6.34. The molecule has 21 heavy (non-hydrogen) atoms. The summed E-state index contributed by atoms with van der Waals surface area (Å²) in [6.45, 7) is 4.63. The van der Waals surface area contributed by atoms with E-state index in [0.717, 1.165) is 5.56 Å². The highest BCUT2D eigenvalue weighted by molar-refractivity contribution is 7.89. The standard InChI is InChI=1S/C14H18N4O2S/c1-14(2)10-18(13(14)11-5-4-6-15-7-11)21(19,20)12-8-16-17(3)9-12/h4-9,13H,10H2,1-3H3. The molecule has 2 aromatic rings. The minimum atomic E-state index is -3.53. The minimum absolute atomic E-state index is 0.113. The largest absolute Gasteiger partial charge is 0.274 e. The van der Waals surface area contributed by atoms with Crippen molar-refractivity contribution in [3.8, 4) is 0 Å². The van der Waals surface area contributed by atoms with Gasteiger partial charge in [0.2, 0.25) is 10.0 Å². The fraction of sp³-hybridized carbons (Fsp3) is 0.429. The highest BCUT2D eigenvalue weighted by atomic mass is 32.2. The van der Waals surface area contributed by atoms with Crippen LogP contribution in [0, 0.1) is 5.41 Å². The lowest BCUT2D eigenvalue weighted by atomic mass is 9.74. The predicted molar refractivity (Wildman–Crippen MR) is 77.9 cm³/mol. The van der Waals surface area contributed by atoms with Crippen LogP contribution in [0.2, 0.25) is 0 Å². The lowest BCUT2D eigenvalue weighted by molar-refractivity contribution is 0.0195. The van der Waals surface area contributed by atoms with Gasteiger partial charge in [0.15, 0.2) is 0 Å². The van der Waals surface area contributed by atoms with Crippen molar-refractivity contribution in [1.82, 2.24) is 19.1 Å². The predicted octanol–water partition coefficient (Wildman–Crippen LogP) is 1.59. The molecule has 0 bridgehead atoms. The van der Waals surface area contributed by atoms with Crippen molar-refractivity contribution in [3.05, 3.63) is 42.5 Å². The molecule has 0 spiro atoms. The quantitative estimate of drug-likeness (QED) is 0.863. The maximum absolute atomic E-state index is 12.8. The van der Waals surface area contributed by atoms with Crippen LogP contribution in [0.5, 0.6) is 0 Å². The molecular formula is C14H18N4O2S. The molecule has 6 nitrogen and oxygen atoms in total. The van der Waals surface area contributed by atoms with E-state index < -0.39 is 10.0 Å². The fourth-order valence-corrected chi connectivity index (χ4v) is 4.83. The Morgan fingerprint density at radius 3 is 2.62 bits per heavy atom. The Hall–Kier alpha value is -1.73. The SMILES string of the molecule is Cn1cc(S(=O)(=O)N2CC(C)(C)C2c2cccnc2)cn1. The first-order valence-electron chi connectivity index (χ1n) is 6.73. The lowest BCUT2D eigenvalue weighted by Gasteiger charge is -2.52. The van der Waals surface area contributed by atoms with Gasteiger partial charge in [-0.15, -0.1) is 0 Å². The van der Waals surface area contributed by atoms with Gasteiger partial charge >= 0.3 is 0 Å². The van der Waals surface area contributed by atoms with Crippen LogP contribution in [-0.4, -0.2) is 34.0 Å². The molecule has 0 saturated carbocycles. The summed E-state index contributed by atoms with van der Waals surface area (Å²) < 4.78 is 28.5. The van der Waals surface area contributed by atoms with E-state index in [9.17, 15) is 8.42 Å². The molecule has 3 heterocycles. The van der Waals surface area contributed by atoms with Crippen LogP contribution in [-0.2, 0) is 17.1 Å². The maximum atomic E-state index is 12.8. The number of hydrogen-bond acceptors (Lipinski definition) is 4. The molecular weight excluding hydrogens is 288 g/mol. The molecule has 1 saturated heterocycles. The van der Waals surface area contributed by atoms with E-state index in [-0.39, 0.29) is 16.4 Å². The van der Waals surface area contributed by atoms with Crippen molar-refractivity contribution < 1.29 is 8.42 Å². The van der Waals surface area contributed by atoms with Gasteiger partial charge in [0.05, 0.1) is 12.2 Å². The topological polar surface area (TPSA) is 68.1 Å². The average molecular weight is 306 g/mol. The van der Waals surface area contributed by atoms with Gasteiger partial charge in [-0.05, 0) is 17.0 Å². The number of aromatic nitrogens is 3. The van der Waals surface area contributed by atoms with E-state index in [1.807, 2.05) is 12.1 Å². The van der Waals surface area contributed by atoms with Crippen LogP contribution in [0.4, 0.5) is 0 Å². The average Bonchev–Trinajstić information content (AvgIpc) is 2.85. The number of hydrogen-bond donors (Lipinski definition) is 0. The first kappa shape index (κ1) is 14.2. The number of aryl methyl sites for hydroxylation is 1. The second-order valence-electron chi connectivity index (χ2n) is 6.08. The molecule has 112 valence electrons. The third-order valence-corrected chi connectivity index (χ3v) is 5.64. The van der Waals surface area contributed by atoms with Crippen LogP contribution in [0.3, 0.4) is 0 Å². The van der Waals surface area contributed by atoms with Gasteiger partial charge in [-0.2, -0.15) is 9.40 Å². The third-order valence-electron chi connectivity index (χ3n) is 3.88. The first-order chi connectivity index (χ1) is 9.82. The van der Waals surface area contributed by atoms with Crippen LogP contribution in [0.1, 0.15) is 25.5 Å². The van der Waals surface area contributed by atoms with E-state index in [0.29, 0.717) is 6.54 Å². The van der Waals surface area contributed by atoms with Crippen molar-refractivity contribution in [2.24, 2.45) is 12.5 Å². The maximum Gasteiger partial charge on any atom is 0.246 e. The lowest BCUT2D eigenvalue weighted by Crippen LogP contribution is -2.57. The molecule has 1 aliphatic heterocycles. The monoisotopic (exact) mass is 306 g/mol. The van der Waals surface area contributed by atoms with E-state index in [1.165, 1.54) is 21.4 Å². The third kappa shape index (κ3) is 2.26. The van der Waals surface area contributed by atoms with Gasteiger partial charge < -0.3 is 0 Å². The molecule has 0 aliphatic carbocycles. The molecule has 0 N–H and O–H groups in total. The van der Waals surface area contributed by atoms with Crippen molar-refractivity contribution in [1.29, 1.82) is 0 Å². The van der Waals surface area contributed by atoms with Gasteiger partial charge in [0, 0.05) is 32.2 Å². The summed E-state index contributed by atoms with van der Waals surface area (Å²) >= 11 is 0. The normalized spacial score (nSPS) is 22.0. The van der Waals surface area contributed by atoms with Gasteiger partial charge in [-0.1, -0.05) is 19.9 Å².